The number of carbonyl (C=O) groups is 1. The van der Waals surface area contributed by atoms with E-state index in [1.807, 2.05) is 0 Å². The Hall–Kier alpha value is -1.14. The van der Waals surface area contributed by atoms with Crippen molar-refractivity contribution in [2.75, 3.05) is 0 Å². The lowest BCUT2D eigenvalue weighted by molar-refractivity contribution is 0.0702. The van der Waals surface area contributed by atoms with Gasteiger partial charge in [-0.3, -0.25) is 0 Å². The fourth-order valence-corrected chi connectivity index (χ4v) is 1.95. The maximum absolute atomic E-state index is 10.8. The van der Waals surface area contributed by atoms with Crippen LogP contribution in [0.4, 0.5) is 0 Å². The molecule has 0 aliphatic heterocycles. The van der Waals surface area contributed by atoms with Gasteiger partial charge in [0, 0.05) is 0 Å². The summed E-state index contributed by atoms with van der Waals surface area (Å²) in [5.74, 6) is -0.537. The van der Waals surface area contributed by atoms with E-state index in [0.717, 1.165) is 11.3 Å². The predicted molar refractivity (Wildman–Crippen MR) is 54.5 cm³/mol. The third kappa shape index (κ3) is 1.58. The third-order valence-corrected chi connectivity index (χ3v) is 2.81. The van der Waals surface area contributed by atoms with Crippen molar-refractivity contribution in [1.29, 1.82) is 0 Å². The highest BCUT2D eigenvalue weighted by Gasteiger charge is 2.17. The largest absolute Gasteiger partial charge is 0.477 e. The standard InChI is InChI=1S/C8H4BrNO3S/c9-5-2-1-4(13-5)6-7(8(11)12)14-3-10-6/h1-3H,(H,11,12). The van der Waals surface area contributed by atoms with Gasteiger partial charge < -0.3 is 9.52 Å². The molecule has 2 aromatic heterocycles. The van der Waals surface area contributed by atoms with E-state index >= 15 is 0 Å². The van der Waals surface area contributed by atoms with Crippen molar-refractivity contribution in [3.8, 4) is 11.5 Å². The molecule has 0 aliphatic carbocycles. The molecule has 4 nitrogen and oxygen atoms in total. The Balaban J connectivity index is 2.51. The first-order valence-corrected chi connectivity index (χ1v) is 5.28. The first kappa shape index (κ1) is 9.42. The fraction of sp³-hybridized carbons (Fsp3) is 0. The van der Waals surface area contributed by atoms with Crippen LogP contribution < -0.4 is 0 Å². The molecule has 0 radical (unpaired) electrons. The molecule has 72 valence electrons. The Morgan fingerprint density at radius 2 is 2.36 bits per heavy atom. The first-order chi connectivity index (χ1) is 6.68. The van der Waals surface area contributed by atoms with Gasteiger partial charge >= 0.3 is 5.97 Å². The molecule has 2 heterocycles. The van der Waals surface area contributed by atoms with E-state index in [9.17, 15) is 4.79 Å². The summed E-state index contributed by atoms with van der Waals surface area (Å²) in [7, 11) is 0. The van der Waals surface area contributed by atoms with Crippen LogP contribution in [0, 0.1) is 0 Å². The molecule has 0 atom stereocenters. The van der Waals surface area contributed by atoms with E-state index in [1.54, 1.807) is 12.1 Å². The Morgan fingerprint density at radius 3 is 2.93 bits per heavy atom. The summed E-state index contributed by atoms with van der Waals surface area (Å²) in [5, 5.41) is 8.84. The Kier molecular flexibility index (Phi) is 2.39. The van der Waals surface area contributed by atoms with Gasteiger partial charge in [-0.1, -0.05) is 0 Å². The van der Waals surface area contributed by atoms with Gasteiger partial charge in [0.15, 0.2) is 10.4 Å². The van der Waals surface area contributed by atoms with Crippen LogP contribution in [-0.4, -0.2) is 16.1 Å². The predicted octanol–water partition coefficient (Wildman–Crippen LogP) is 2.86. The normalized spacial score (nSPS) is 10.4. The maximum atomic E-state index is 10.8. The fourth-order valence-electron chi connectivity index (χ4n) is 1.01. The highest BCUT2D eigenvalue weighted by molar-refractivity contribution is 9.10. The van der Waals surface area contributed by atoms with Crippen LogP contribution in [0.3, 0.4) is 0 Å². The molecular weight excluding hydrogens is 270 g/mol. The average molecular weight is 274 g/mol. The second kappa shape index (κ2) is 3.55. The topological polar surface area (TPSA) is 63.3 Å². The number of aromatic nitrogens is 1. The number of carboxylic acid groups (broad SMARTS) is 1. The first-order valence-electron chi connectivity index (χ1n) is 3.61. The summed E-state index contributed by atoms with van der Waals surface area (Å²) in [4.78, 5) is 14.9. The lowest BCUT2D eigenvalue weighted by Crippen LogP contribution is -1.94. The van der Waals surface area contributed by atoms with E-state index in [-0.39, 0.29) is 4.88 Å². The van der Waals surface area contributed by atoms with Gasteiger partial charge in [-0.25, -0.2) is 9.78 Å². The van der Waals surface area contributed by atoms with Crippen molar-refractivity contribution >= 4 is 33.2 Å². The number of nitrogens with zero attached hydrogens (tertiary/aromatic N) is 1. The van der Waals surface area contributed by atoms with Crippen molar-refractivity contribution in [1.82, 2.24) is 4.98 Å². The highest BCUT2D eigenvalue weighted by atomic mass is 79.9. The van der Waals surface area contributed by atoms with Gasteiger partial charge in [-0.2, -0.15) is 0 Å². The smallest absolute Gasteiger partial charge is 0.348 e. The Labute approximate surface area is 91.3 Å². The van der Waals surface area contributed by atoms with Crippen LogP contribution in [0.15, 0.2) is 26.7 Å². The van der Waals surface area contributed by atoms with Gasteiger partial charge in [-0.15, -0.1) is 11.3 Å². The molecule has 0 spiro atoms. The Morgan fingerprint density at radius 1 is 1.57 bits per heavy atom. The molecule has 0 amide bonds. The van der Waals surface area contributed by atoms with Crippen molar-refractivity contribution in [3.05, 3.63) is 27.2 Å². The molecule has 14 heavy (non-hydrogen) atoms. The average Bonchev–Trinajstić information content (AvgIpc) is 2.70. The number of furan rings is 1. The number of halogens is 1. The van der Waals surface area contributed by atoms with Crippen LogP contribution in [0.2, 0.25) is 0 Å². The summed E-state index contributed by atoms with van der Waals surface area (Å²) in [5.41, 5.74) is 1.85. The molecule has 2 rings (SSSR count). The monoisotopic (exact) mass is 273 g/mol. The van der Waals surface area contributed by atoms with Crippen LogP contribution in [0.5, 0.6) is 0 Å². The molecule has 1 N–H and O–H groups in total. The summed E-state index contributed by atoms with van der Waals surface area (Å²) >= 11 is 4.22. The molecule has 0 unspecified atom stereocenters. The van der Waals surface area contributed by atoms with Gasteiger partial charge in [0.05, 0.1) is 5.51 Å². The second-order valence-corrected chi connectivity index (χ2v) is 4.08. The molecular formula is C8H4BrNO3S. The van der Waals surface area contributed by atoms with E-state index < -0.39 is 5.97 Å². The molecule has 6 heteroatoms. The summed E-state index contributed by atoms with van der Waals surface area (Å²) in [6.07, 6.45) is 0. The summed E-state index contributed by atoms with van der Waals surface area (Å²) < 4.78 is 5.77. The molecule has 2 aromatic rings. The van der Waals surface area contributed by atoms with Gasteiger partial charge in [0.2, 0.25) is 0 Å². The van der Waals surface area contributed by atoms with Gasteiger partial charge in [-0.05, 0) is 28.1 Å². The molecule has 0 saturated heterocycles. The highest BCUT2D eigenvalue weighted by Crippen LogP contribution is 2.28. The van der Waals surface area contributed by atoms with Crippen LogP contribution in [0.25, 0.3) is 11.5 Å². The molecule has 0 bridgehead atoms. The van der Waals surface area contributed by atoms with E-state index in [2.05, 4.69) is 20.9 Å². The van der Waals surface area contributed by atoms with Crippen LogP contribution in [0.1, 0.15) is 9.67 Å². The Bertz CT molecular complexity index is 476. The summed E-state index contributed by atoms with van der Waals surface area (Å²) in [6, 6.07) is 3.37. The minimum absolute atomic E-state index is 0.187. The minimum Gasteiger partial charge on any atom is -0.477 e. The number of hydrogen-bond donors (Lipinski definition) is 1. The van der Waals surface area contributed by atoms with Gasteiger partial charge in [0.25, 0.3) is 0 Å². The van der Waals surface area contributed by atoms with E-state index in [0.29, 0.717) is 16.1 Å². The molecule has 0 fully saturated rings. The zero-order chi connectivity index (χ0) is 10.1. The van der Waals surface area contributed by atoms with Crippen molar-refractivity contribution in [2.45, 2.75) is 0 Å². The zero-order valence-electron chi connectivity index (χ0n) is 6.73. The minimum atomic E-state index is -0.991. The molecule has 0 saturated carbocycles. The lowest BCUT2D eigenvalue weighted by atomic mass is 10.3. The molecule has 0 aromatic carbocycles. The van der Waals surface area contributed by atoms with Crippen molar-refractivity contribution in [2.24, 2.45) is 0 Å². The van der Waals surface area contributed by atoms with E-state index in [4.69, 9.17) is 9.52 Å². The summed E-state index contributed by atoms with van der Waals surface area (Å²) in [6.45, 7) is 0. The van der Waals surface area contributed by atoms with Crippen molar-refractivity contribution in [3.63, 3.8) is 0 Å². The van der Waals surface area contributed by atoms with Crippen LogP contribution in [-0.2, 0) is 0 Å². The second-order valence-electron chi connectivity index (χ2n) is 2.44. The third-order valence-electron chi connectivity index (χ3n) is 1.57. The number of thiazole rings is 1. The number of hydrogen-bond acceptors (Lipinski definition) is 4. The molecule has 0 aliphatic rings. The SMILES string of the molecule is O=C(O)c1scnc1-c1ccc(Br)o1. The quantitative estimate of drug-likeness (QED) is 0.914. The maximum Gasteiger partial charge on any atom is 0.348 e. The van der Waals surface area contributed by atoms with Crippen LogP contribution >= 0.6 is 27.3 Å². The van der Waals surface area contributed by atoms with E-state index in [1.165, 1.54) is 5.51 Å². The van der Waals surface area contributed by atoms with Gasteiger partial charge in [0.1, 0.15) is 10.6 Å². The van der Waals surface area contributed by atoms with Crippen molar-refractivity contribution < 1.29 is 14.3 Å². The number of rotatable bonds is 2. The number of carboxylic acids is 1. The lowest BCUT2D eigenvalue weighted by Gasteiger charge is -1.92. The zero-order valence-corrected chi connectivity index (χ0v) is 9.13. The number of aromatic carboxylic acids is 1.